The van der Waals surface area contributed by atoms with Crippen LogP contribution in [-0.4, -0.2) is 18.6 Å². The van der Waals surface area contributed by atoms with Gasteiger partial charge in [-0.3, -0.25) is 0 Å². The summed E-state index contributed by atoms with van der Waals surface area (Å²) in [6.07, 6.45) is 3.08. The summed E-state index contributed by atoms with van der Waals surface area (Å²) in [6.45, 7) is 0.776. The van der Waals surface area contributed by atoms with Gasteiger partial charge in [0.25, 0.3) is 0 Å². The van der Waals surface area contributed by atoms with E-state index in [2.05, 4.69) is 11.6 Å². The van der Waals surface area contributed by atoms with Gasteiger partial charge >= 0.3 is 0 Å². The van der Waals surface area contributed by atoms with E-state index < -0.39 is 0 Å². The minimum atomic E-state index is -0.363. The molecular weight excluding hydrogens is 221 g/mol. The molecule has 1 N–H and O–H groups in total. The topological polar surface area (TPSA) is 12.0 Å². The molecule has 0 unspecified atom stereocenters. The van der Waals surface area contributed by atoms with Crippen molar-refractivity contribution in [2.75, 3.05) is 23.9 Å². The second kappa shape index (κ2) is 6.14. The van der Waals surface area contributed by atoms with Gasteiger partial charge in [0.05, 0.1) is 10.7 Å². The van der Waals surface area contributed by atoms with Crippen LogP contribution in [0.25, 0.3) is 0 Å². The van der Waals surface area contributed by atoms with Crippen LogP contribution in [0.1, 0.15) is 6.42 Å². The molecule has 0 saturated heterocycles. The van der Waals surface area contributed by atoms with Gasteiger partial charge in [-0.2, -0.15) is 11.8 Å². The van der Waals surface area contributed by atoms with Gasteiger partial charge in [-0.05, 0) is 30.6 Å². The van der Waals surface area contributed by atoms with Gasteiger partial charge < -0.3 is 5.32 Å². The first kappa shape index (κ1) is 11.7. The van der Waals surface area contributed by atoms with E-state index in [1.54, 1.807) is 30.0 Å². The third-order valence-electron chi connectivity index (χ3n) is 1.79. The maximum atomic E-state index is 13.3. The fraction of sp³-hybridized carbons (Fsp3) is 0.400. The second-order valence-electron chi connectivity index (χ2n) is 2.87. The lowest BCUT2D eigenvalue weighted by atomic mass is 10.3. The highest BCUT2D eigenvalue weighted by molar-refractivity contribution is 7.98. The number of hydrogen-bond donors (Lipinski definition) is 1. The normalized spacial score (nSPS) is 10.2. The Kier molecular flexibility index (Phi) is 5.12. The first-order valence-electron chi connectivity index (χ1n) is 4.42. The lowest BCUT2D eigenvalue weighted by molar-refractivity contribution is 0.630. The van der Waals surface area contributed by atoms with E-state index in [1.165, 1.54) is 0 Å². The Morgan fingerprint density at radius 1 is 1.50 bits per heavy atom. The number of halogens is 2. The average molecular weight is 234 g/mol. The number of benzene rings is 1. The van der Waals surface area contributed by atoms with E-state index in [0.717, 1.165) is 18.7 Å². The SMILES string of the molecule is CSCCCNc1cccc(Cl)c1F. The molecule has 0 heterocycles. The number of hydrogen-bond acceptors (Lipinski definition) is 2. The Hall–Kier alpha value is -0.410. The Bertz CT molecular complexity index is 293. The molecule has 4 heteroatoms. The predicted octanol–water partition coefficient (Wildman–Crippen LogP) is 3.64. The van der Waals surface area contributed by atoms with E-state index in [4.69, 9.17) is 11.6 Å². The van der Waals surface area contributed by atoms with E-state index >= 15 is 0 Å². The third kappa shape index (κ3) is 3.39. The molecule has 0 bridgehead atoms. The monoisotopic (exact) mass is 233 g/mol. The summed E-state index contributed by atoms with van der Waals surface area (Å²) in [5, 5.41) is 3.18. The van der Waals surface area contributed by atoms with Crippen LogP contribution in [-0.2, 0) is 0 Å². The van der Waals surface area contributed by atoms with Crippen LogP contribution in [0, 0.1) is 5.82 Å². The van der Waals surface area contributed by atoms with Crippen molar-refractivity contribution in [1.82, 2.24) is 0 Å². The number of thioether (sulfide) groups is 1. The van der Waals surface area contributed by atoms with Gasteiger partial charge in [0.15, 0.2) is 5.82 Å². The molecule has 0 aliphatic heterocycles. The van der Waals surface area contributed by atoms with Crippen LogP contribution in [0.5, 0.6) is 0 Å². The second-order valence-corrected chi connectivity index (χ2v) is 4.27. The summed E-state index contributed by atoms with van der Waals surface area (Å²) >= 11 is 7.42. The van der Waals surface area contributed by atoms with Gasteiger partial charge in [0, 0.05) is 6.54 Å². The first-order chi connectivity index (χ1) is 6.75. The molecule has 0 atom stereocenters. The molecule has 1 nitrogen and oxygen atoms in total. The predicted molar refractivity (Wildman–Crippen MR) is 62.9 cm³/mol. The molecule has 1 rings (SSSR count). The van der Waals surface area contributed by atoms with Crippen LogP contribution in [0.15, 0.2) is 18.2 Å². The summed E-state index contributed by atoms with van der Waals surface area (Å²) in [5.74, 6) is 0.716. The zero-order valence-electron chi connectivity index (χ0n) is 8.02. The molecule has 78 valence electrons. The Balaban J connectivity index is 2.46. The van der Waals surface area contributed by atoms with Crippen molar-refractivity contribution < 1.29 is 4.39 Å². The van der Waals surface area contributed by atoms with Crippen LogP contribution in [0.3, 0.4) is 0 Å². The summed E-state index contributed by atoms with van der Waals surface area (Å²) in [6, 6.07) is 4.98. The Morgan fingerprint density at radius 3 is 3.00 bits per heavy atom. The summed E-state index contributed by atoms with van der Waals surface area (Å²) in [7, 11) is 0. The summed E-state index contributed by atoms with van der Waals surface area (Å²) < 4.78 is 13.3. The van der Waals surface area contributed by atoms with Gasteiger partial charge in [-0.15, -0.1) is 0 Å². The van der Waals surface area contributed by atoms with Crippen molar-refractivity contribution in [3.8, 4) is 0 Å². The number of rotatable bonds is 5. The summed E-state index contributed by atoms with van der Waals surface area (Å²) in [5.41, 5.74) is 0.485. The standard InChI is InChI=1S/C10H13ClFNS/c1-14-7-3-6-13-9-5-2-4-8(11)10(9)12/h2,4-5,13H,3,6-7H2,1H3. The van der Waals surface area contributed by atoms with Gasteiger partial charge in [-0.25, -0.2) is 4.39 Å². The highest BCUT2D eigenvalue weighted by atomic mass is 35.5. The van der Waals surface area contributed by atoms with Crippen molar-refractivity contribution in [3.05, 3.63) is 29.0 Å². The molecule has 1 aromatic carbocycles. The van der Waals surface area contributed by atoms with Crippen molar-refractivity contribution >= 4 is 29.1 Å². The van der Waals surface area contributed by atoms with Crippen LogP contribution in [0.2, 0.25) is 5.02 Å². The van der Waals surface area contributed by atoms with Crippen LogP contribution < -0.4 is 5.32 Å². The van der Waals surface area contributed by atoms with E-state index in [9.17, 15) is 4.39 Å². The Labute approximate surface area is 93.0 Å². The van der Waals surface area contributed by atoms with Crippen molar-refractivity contribution in [2.45, 2.75) is 6.42 Å². The Morgan fingerprint density at radius 2 is 2.29 bits per heavy atom. The lowest BCUT2D eigenvalue weighted by Gasteiger charge is -2.07. The van der Waals surface area contributed by atoms with Gasteiger partial charge in [0.1, 0.15) is 0 Å². The fourth-order valence-electron chi connectivity index (χ4n) is 1.08. The third-order valence-corrected chi connectivity index (χ3v) is 2.78. The summed E-state index contributed by atoms with van der Waals surface area (Å²) in [4.78, 5) is 0. The van der Waals surface area contributed by atoms with Crippen LogP contribution >= 0.6 is 23.4 Å². The molecule has 0 amide bonds. The first-order valence-corrected chi connectivity index (χ1v) is 6.19. The largest absolute Gasteiger partial charge is 0.383 e. The average Bonchev–Trinajstić information content (AvgIpc) is 2.19. The molecule has 14 heavy (non-hydrogen) atoms. The zero-order valence-corrected chi connectivity index (χ0v) is 9.59. The van der Waals surface area contributed by atoms with E-state index in [-0.39, 0.29) is 10.8 Å². The molecule has 1 aromatic rings. The maximum absolute atomic E-state index is 13.3. The van der Waals surface area contributed by atoms with Crippen molar-refractivity contribution in [1.29, 1.82) is 0 Å². The smallest absolute Gasteiger partial charge is 0.164 e. The fourth-order valence-corrected chi connectivity index (χ4v) is 1.69. The lowest BCUT2D eigenvalue weighted by Crippen LogP contribution is -2.04. The molecule has 0 aliphatic carbocycles. The van der Waals surface area contributed by atoms with Crippen molar-refractivity contribution in [3.63, 3.8) is 0 Å². The molecular formula is C10H13ClFNS. The zero-order chi connectivity index (χ0) is 10.4. The molecule has 0 radical (unpaired) electrons. The molecule has 0 spiro atoms. The van der Waals surface area contributed by atoms with E-state index in [0.29, 0.717) is 5.69 Å². The quantitative estimate of drug-likeness (QED) is 0.780. The van der Waals surface area contributed by atoms with Gasteiger partial charge in [-0.1, -0.05) is 17.7 Å². The van der Waals surface area contributed by atoms with Crippen molar-refractivity contribution in [2.24, 2.45) is 0 Å². The molecule has 0 saturated carbocycles. The number of anilines is 1. The molecule has 0 fully saturated rings. The van der Waals surface area contributed by atoms with Gasteiger partial charge in [0.2, 0.25) is 0 Å². The highest BCUT2D eigenvalue weighted by Gasteiger charge is 2.04. The maximum Gasteiger partial charge on any atom is 0.164 e. The minimum absolute atomic E-state index is 0.167. The highest BCUT2D eigenvalue weighted by Crippen LogP contribution is 2.21. The van der Waals surface area contributed by atoms with Crippen LogP contribution in [0.4, 0.5) is 10.1 Å². The minimum Gasteiger partial charge on any atom is -0.383 e. The molecule has 0 aromatic heterocycles. The number of nitrogens with one attached hydrogen (secondary N) is 1. The van der Waals surface area contributed by atoms with E-state index in [1.807, 2.05) is 0 Å². The molecule has 0 aliphatic rings.